The van der Waals surface area contributed by atoms with Gasteiger partial charge in [0.25, 0.3) is 0 Å². The average molecular weight is 545 g/mol. The zero-order valence-electron chi connectivity index (χ0n) is 20.0. The van der Waals surface area contributed by atoms with Crippen LogP contribution in [-0.2, 0) is 0 Å². The van der Waals surface area contributed by atoms with Crippen LogP contribution in [0.1, 0.15) is 10.5 Å². The van der Waals surface area contributed by atoms with E-state index in [-0.39, 0.29) is 11.7 Å². The number of hydrogen-bond acceptors (Lipinski definition) is 8. The third-order valence-electron chi connectivity index (χ3n) is 6.00. The highest BCUT2D eigenvalue weighted by atomic mass is 32.1. The highest BCUT2D eigenvalue weighted by Gasteiger charge is 2.27. The van der Waals surface area contributed by atoms with Gasteiger partial charge >= 0.3 is 12.0 Å². The van der Waals surface area contributed by atoms with Gasteiger partial charge in [-0.25, -0.2) is 19.6 Å². The second-order valence-corrected chi connectivity index (χ2v) is 10.4. The summed E-state index contributed by atoms with van der Waals surface area (Å²) >= 11 is 2.68. The van der Waals surface area contributed by atoms with Crippen molar-refractivity contribution in [2.75, 3.05) is 30.5 Å². The fourth-order valence-corrected chi connectivity index (χ4v) is 6.09. The molecule has 0 aliphatic carbocycles. The molecule has 0 saturated heterocycles. The van der Waals surface area contributed by atoms with Gasteiger partial charge in [-0.15, -0.1) is 11.3 Å². The minimum absolute atomic E-state index is 0.0328. The predicted molar refractivity (Wildman–Crippen MR) is 148 cm³/mol. The molecular formula is C27H20N4O5S2. The van der Waals surface area contributed by atoms with Crippen LogP contribution in [0.2, 0.25) is 0 Å². The van der Waals surface area contributed by atoms with Gasteiger partial charge in [0.2, 0.25) is 0 Å². The number of urea groups is 1. The second kappa shape index (κ2) is 9.77. The summed E-state index contributed by atoms with van der Waals surface area (Å²) in [6, 6.07) is 19.9. The Morgan fingerprint density at radius 3 is 2.58 bits per heavy atom. The number of carboxylic acid groups (broad SMARTS) is 1. The predicted octanol–water partition coefficient (Wildman–Crippen LogP) is 6.22. The van der Waals surface area contributed by atoms with Crippen LogP contribution in [0.5, 0.6) is 11.5 Å². The van der Waals surface area contributed by atoms with Crippen LogP contribution in [0.3, 0.4) is 0 Å². The lowest BCUT2D eigenvalue weighted by Gasteiger charge is -2.29. The summed E-state index contributed by atoms with van der Waals surface area (Å²) in [6.45, 7) is 0.699. The molecule has 0 unspecified atom stereocenters. The molecule has 5 aromatic rings. The number of carboxylic acids is 1. The lowest BCUT2D eigenvalue weighted by Crippen LogP contribution is -2.40. The Morgan fingerprint density at radius 2 is 1.82 bits per heavy atom. The van der Waals surface area contributed by atoms with Crippen molar-refractivity contribution < 1.29 is 24.2 Å². The number of ether oxygens (including phenoxy) is 2. The van der Waals surface area contributed by atoms with E-state index >= 15 is 0 Å². The Morgan fingerprint density at radius 1 is 1.03 bits per heavy atom. The lowest BCUT2D eigenvalue weighted by atomic mass is 10.1. The van der Waals surface area contributed by atoms with Crippen LogP contribution in [0.25, 0.3) is 31.2 Å². The van der Waals surface area contributed by atoms with Gasteiger partial charge in [0.1, 0.15) is 23.1 Å². The number of benzene rings is 3. The van der Waals surface area contributed by atoms with Crippen molar-refractivity contribution in [1.29, 1.82) is 0 Å². The standard InChI is InChI=1S/C27H20N4O5S2/c1-35-17-9-6-15(7-10-17)23-22(25(32)33)29-24(38-23)16-8-11-20-19(14-16)31(12-13-36-20)27(34)30-26-28-18-4-2-3-5-21(18)37-26/h2-11,14H,12-13H2,1H3,(H,32,33)(H,28,30,34). The van der Waals surface area contributed by atoms with Gasteiger partial charge in [0.15, 0.2) is 10.8 Å². The van der Waals surface area contributed by atoms with Gasteiger partial charge in [0, 0.05) is 5.56 Å². The summed E-state index contributed by atoms with van der Waals surface area (Å²) in [5.74, 6) is 0.121. The first-order valence-corrected chi connectivity index (χ1v) is 13.2. The van der Waals surface area contributed by atoms with E-state index in [0.29, 0.717) is 50.9 Å². The van der Waals surface area contributed by atoms with Gasteiger partial charge in [-0.1, -0.05) is 23.5 Å². The van der Waals surface area contributed by atoms with E-state index in [2.05, 4.69) is 15.3 Å². The molecule has 190 valence electrons. The molecule has 1 aliphatic heterocycles. The summed E-state index contributed by atoms with van der Waals surface area (Å²) < 4.78 is 12.0. The lowest BCUT2D eigenvalue weighted by molar-refractivity contribution is 0.0692. The largest absolute Gasteiger partial charge is 0.497 e. The minimum Gasteiger partial charge on any atom is -0.497 e. The number of para-hydroxylation sites is 1. The quantitative estimate of drug-likeness (QED) is 0.270. The van der Waals surface area contributed by atoms with E-state index in [1.807, 2.05) is 30.3 Å². The number of carbonyl (C=O) groups excluding carboxylic acids is 1. The molecule has 3 heterocycles. The van der Waals surface area contributed by atoms with E-state index in [9.17, 15) is 14.7 Å². The maximum Gasteiger partial charge on any atom is 0.356 e. The van der Waals surface area contributed by atoms with Crippen molar-refractivity contribution in [1.82, 2.24) is 9.97 Å². The number of aromatic nitrogens is 2. The molecule has 1 aliphatic rings. The Hall–Kier alpha value is -4.48. The SMILES string of the molecule is COc1ccc(-c2sc(-c3ccc4c(c3)N(C(=O)Nc3nc5ccccc5s3)CCO4)nc2C(=O)O)cc1. The monoisotopic (exact) mass is 544 g/mol. The van der Waals surface area contributed by atoms with Gasteiger partial charge < -0.3 is 14.6 Å². The summed E-state index contributed by atoms with van der Waals surface area (Å²) in [5.41, 5.74) is 2.77. The topological polar surface area (TPSA) is 114 Å². The molecule has 11 heteroatoms. The number of fused-ring (bicyclic) bond motifs is 2. The van der Waals surface area contributed by atoms with Crippen LogP contribution in [0, 0.1) is 0 Å². The summed E-state index contributed by atoms with van der Waals surface area (Å²) in [4.78, 5) is 36.3. The number of nitrogens with zero attached hydrogens (tertiary/aromatic N) is 3. The number of methoxy groups -OCH3 is 1. The maximum absolute atomic E-state index is 13.3. The van der Waals surface area contributed by atoms with E-state index < -0.39 is 5.97 Å². The number of hydrogen-bond donors (Lipinski definition) is 2. The van der Waals surface area contributed by atoms with Gasteiger partial charge in [-0.05, 0) is 60.2 Å². The maximum atomic E-state index is 13.3. The van der Waals surface area contributed by atoms with Crippen LogP contribution >= 0.6 is 22.7 Å². The van der Waals surface area contributed by atoms with Gasteiger partial charge in [0.05, 0.1) is 34.4 Å². The molecule has 3 aromatic carbocycles. The van der Waals surface area contributed by atoms with Crippen LogP contribution in [-0.4, -0.2) is 47.3 Å². The van der Waals surface area contributed by atoms with Crippen LogP contribution < -0.4 is 19.7 Å². The normalized spacial score (nSPS) is 12.6. The van der Waals surface area contributed by atoms with Crippen LogP contribution in [0.4, 0.5) is 15.6 Å². The number of nitrogens with one attached hydrogen (secondary N) is 1. The Labute approximate surface area is 224 Å². The van der Waals surface area contributed by atoms with Crippen molar-refractivity contribution in [3.63, 3.8) is 0 Å². The van der Waals surface area contributed by atoms with Crippen molar-refractivity contribution >= 4 is 55.7 Å². The number of rotatable bonds is 5. The highest BCUT2D eigenvalue weighted by molar-refractivity contribution is 7.22. The van der Waals surface area contributed by atoms with E-state index in [0.717, 1.165) is 15.8 Å². The first-order chi connectivity index (χ1) is 18.5. The van der Waals surface area contributed by atoms with Gasteiger partial charge in [-0.2, -0.15) is 0 Å². The smallest absolute Gasteiger partial charge is 0.356 e. The van der Waals surface area contributed by atoms with Crippen LogP contribution in [0.15, 0.2) is 66.7 Å². The molecule has 0 fully saturated rings. The second-order valence-electron chi connectivity index (χ2n) is 8.33. The zero-order valence-corrected chi connectivity index (χ0v) is 21.6. The fraction of sp³-hybridized carbons (Fsp3) is 0.111. The summed E-state index contributed by atoms with van der Waals surface area (Å²) in [5, 5.41) is 13.8. The zero-order chi connectivity index (χ0) is 26.2. The molecule has 2 aromatic heterocycles. The van der Waals surface area contributed by atoms with E-state index in [1.54, 1.807) is 48.4 Å². The molecule has 0 saturated carbocycles. The van der Waals surface area contributed by atoms with Crippen molar-refractivity contribution in [2.24, 2.45) is 0 Å². The van der Waals surface area contributed by atoms with Crippen molar-refractivity contribution in [2.45, 2.75) is 0 Å². The summed E-state index contributed by atoms with van der Waals surface area (Å²) in [6.07, 6.45) is 0. The van der Waals surface area contributed by atoms with Crippen molar-refractivity contribution in [3.05, 3.63) is 72.4 Å². The summed E-state index contributed by atoms with van der Waals surface area (Å²) in [7, 11) is 1.57. The van der Waals surface area contributed by atoms with Crippen molar-refractivity contribution in [3.8, 4) is 32.5 Å². The molecule has 6 rings (SSSR count). The first kappa shape index (κ1) is 23.9. The number of amides is 2. The molecule has 38 heavy (non-hydrogen) atoms. The number of anilines is 2. The van der Waals surface area contributed by atoms with E-state index in [1.165, 1.54) is 22.7 Å². The molecule has 0 spiro atoms. The Kier molecular flexibility index (Phi) is 6.14. The third kappa shape index (κ3) is 4.42. The number of carbonyl (C=O) groups is 2. The molecule has 0 bridgehead atoms. The average Bonchev–Trinajstić information content (AvgIpc) is 3.57. The number of aromatic carboxylic acids is 1. The molecule has 2 amide bonds. The van der Waals surface area contributed by atoms with Gasteiger partial charge in [-0.3, -0.25) is 10.2 Å². The highest BCUT2D eigenvalue weighted by Crippen LogP contribution is 2.40. The molecule has 0 radical (unpaired) electrons. The Balaban J connectivity index is 1.33. The Bertz CT molecular complexity index is 1650. The number of thiazole rings is 2. The minimum atomic E-state index is -1.11. The van der Waals surface area contributed by atoms with E-state index in [4.69, 9.17) is 9.47 Å². The molecule has 0 atom stereocenters. The molecule has 9 nitrogen and oxygen atoms in total. The molecular weight excluding hydrogens is 524 g/mol. The first-order valence-electron chi connectivity index (χ1n) is 11.6. The molecule has 2 N–H and O–H groups in total. The fourth-order valence-electron chi connectivity index (χ4n) is 4.17. The third-order valence-corrected chi connectivity index (χ3v) is 8.11.